The molecule has 0 aliphatic rings. The maximum Gasteiger partial charge on any atom is 0.308 e. The highest BCUT2D eigenvalue weighted by molar-refractivity contribution is 6.31. The van der Waals surface area contributed by atoms with E-state index in [-0.39, 0.29) is 11.8 Å². The second-order valence-corrected chi connectivity index (χ2v) is 7.55. The molecule has 3 aromatic carbocycles. The van der Waals surface area contributed by atoms with Gasteiger partial charge in [0.2, 0.25) is 5.91 Å². The van der Waals surface area contributed by atoms with Gasteiger partial charge in [-0.2, -0.15) is 0 Å². The predicted molar refractivity (Wildman–Crippen MR) is 124 cm³/mol. The number of ether oxygens (including phenoxy) is 1. The standard InChI is InChI=1S/C25H23ClN2O4/c1-17(29)32-22-10-5-8-20(15-22)25(31)28-21-9-4-6-18(14-21)16-27-24(30)13-12-19-7-2-3-11-23(19)26/h2-11,14-15H,12-13,16H2,1H3,(H,27,30)(H,28,31). The summed E-state index contributed by atoms with van der Waals surface area (Å²) in [6.45, 7) is 1.64. The minimum Gasteiger partial charge on any atom is -0.427 e. The number of amides is 2. The summed E-state index contributed by atoms with van der Waals surface area (Å²) in [4.78, 5) is 35.8. The Morgan fingerprint density at radius 3 is 2.50 bits per heavy atom. The van der Waals surface area contributed by atoms with Crippen molar-refractivity contribution in [2.45, 2.75) is 26.3 Å². The molecular formula is C25H23ClN2O4. The largest absolute Gasteiger partial charge is 0.427 e. The summed E-state index contributed by atoms with van der Waals surface area (Å²) in [5.74, 6) is -0.566. The molecule has 0 spiro atoms. The fraction of sp³-hybridized carbons (Fsp3) is 0.160. The van der Waals surface area contributed by atoms with Crippen molar-refractivity contribution in [1.82, 2.24) is 5.32 Å². The van der Waals surface area contributed by atoms with Gasteiger partial charge >= 0.3 is 5.97 Å². The molecular weight excluding hydrogens is 428 g/mol. The van der Waals surface area contributed by atoms with Gasteiger partial charge in [0.25, 0.3) is 5.91 Å². The molecule has 6 nitrogen and oxygen atoms in total. The lowest BCUT2D eigenvalue weighted by Crippen LogP contribution is -2.23. The van der Waals surface area contributed by atoms with E-state index in [0.717, 1.165) is 11.1 Å². The molecule has 0 aliphatic heterocycles. The molecule has 0 heterocycles. The summed E-state index contributed by atoms with van der Waals surface area (Å²) in [5, 5.41) is 6.35. The number of aryl methyl sites for hydroxylation is 1. The summed E-state index contributed by atoms with van der Waals surface area (Å²) >= 11 is 6.13. The van der Waals surface area contributed by atoms with Gasteiger partial charge in [-0.05, 0) is 53.9 Å². The summed E-state index contributed by atoms with van der Waals surface area (Å²) in [6.07, 6.45) is 0.896. The first-order valence-corrected chi connectivity index (χ1v) is 10.5. The topological polar surface area (TPSA) is 84.5 Å². The first-order valence-electron chi connectivity index (χ1n) is 10.1. The zero-order valence-corrected chi connectivity index (χ0v) is 18.3. The zero-order chi connectivity index (χ0) is 22.9. The highest BCUT2D eigenvalue weighted by atomic mass is 35.5. The second kappa shape index (κ2) is 11.1. The van der Waals surface area contributed by atoms with Gasteiger partial charge < -0.3 is 15.4 Å². The Morgan fingerprint density at radius 2 is 1.72 bits per heavy atom. The Labute approximate surface area is 191 Å². The Hall–Kier alpha value is -3.64. The van der Waals surface area contributed by atoms with E-state index in [1.54, 1.807) is 42.5 Å². The second-order valence-electron chi connectivity index (χ2n) is 7.14. The summed E-state index contributed by atoms with van der Waals surface area (Å²) < 4.78 is 5.02. The molecule has 0 saturated heterocycles. The average Bonchev–Trinajstić information content (AvgIpc) is 2.77. The molecule has 164 valence electrons. The van der Waals surface area contributed by atoms with Crippen molar-refractivity contribution in [3.63, 3.8) is 0 Å². The zero-order valence-electron chi connectivity index (χ0n) is 17.6. The number of nitrogens with one attached hydrogen (secondary N) is 2. The summed E-state index contributed by atoms with van der Waals surface area (Å²) in [6, 6.07) is 21.1. The lowest BCUT2D eigenvalue weighted by Gasteiger charge is -2.10. The van der Waals surface area contributed by atoms with E-state index in [2.05, 4.69) is 10.6 Å². The SMILES string of the molecule is CC(=O)Oc1cccc(C(=O)Nc2cccc(CNC(=O)CCc3ccccc3Cl)c2)c1. The van der Waals surface area contributed by atoms with Crippen LogP contribution < -0.4 is 15.4 Å². The highest BCUT2D eigenvalue weighted by Crippen LogP contribution is 2.18. The van der Waals surface area contributed by atoms with Crippen molar-refractivity contribution >= 4 is 35.1 Å². The van der Waals surface area contributed by atoms with E-state index >= 15 is 0 Å². The minimum atomic E-state index is -0.454. The van der Waals surface area contributed by atoms with Crippen molar-refractivity contribution in [3.8, 4) is 5.75 Å². The van der Waals surface area contributed by atoms with Crippen molar-refractivity contribution in [1.29, 1.82) is 0 Å². The Balaban J connectivity index is 1.54. The quantitative estimate of drug-likeness (QED) is 0.382. The number of benzene rings is 3. The molecule has 0 aromatic heterocycles. The third-order valence-corrected chi connectivity index (χ3v) is 4.98. The molecule has 2 N–H and O–H groups in total. The number of hydrogen-bond donors (Lipinski definition) is 2. The molecule has 0 radical (unpaired) electrons. The van der Waals surface area contributed by atoms with Crippen LogP contribution in [0.15, 0.2) is 72.8 Å². The van der Waals surface area contributed by atoms with Crippen LogP contribution >= 0.6 is 11.6 Å². The molecule has 2 amide bonds. The lowest BCUT2D eigenvalue weighted by molar-refractivity contribution is -0.131. The van der Waals surface area contributed by atoms with Crippen LogP contribution in [0.4, 0.5) is 5.69 Å². The predicted octanol–water partition coefficient (Wildman–Crippen LogP) is 4.77. The molecule has 3 rings (SSSR count). The molecule has 3 aromatic rings. The summed E-state index contributed by atoms with van der Waals surface area (Å²) in [7, 11) is 0. The molecule has 0 saturated carbocycles. The van der Waals surface area contributed by atoms with Crippen LogP contribution in [-0.2, 0) is 22.6 Å². The number of esters is 1. The van der Waals surface area contributed by atoms with Crippen LogP contribution in [0.1, 0.15) is 34.8 Å². The van der Waals surface area contributed by atoms with Gasteiger partial charge in [0.05, 0.1) is 0 Å². The number of carbonyl (C=O) groups excluding carboxylic acids is 3. The van der Waals surface area contributed by atoms with Crippen LogP contribution in [0.25, 0.3) is 0 Å². The Bertz CT molecular complexity index is 1130. The van der Waals surface area contributed by atoms with E-state index in [4.69, 9.17) is 16.3 Å². The minimum absolute atomic E-state index is 0.0818. The lowest BCUT2D eigenvalue weighted by atomic mass is 10.1. The first-order chi connectivity index (χ1) is 15.4. The average molecular weight is 451 g/mol. The van der Waals surface area contributed by atoms with Gasteiger partial charge in [0, 0.05) is 36.2 Å². The molecule has 32 heavy (non-hydrogen) atoms. The van der Waals surface area contributed by atoms with Crippen LogP contribution in [-0.4, -0.2) is 17.8 Å². The number of rotatable bonds is 8. The van der Waals surface area contributed by atoms with Gasteiger partial charge in [-0.1, -0.05) is 48.0 Å². The fourth-order valence-electron chi connectivity index (χ4n) is 3.07. The fourth-order valence-corrected chi connectivity index (χ4v) is 3.30. The maximum absolute atomic E-state index is 12.5. The Kier molecular flexibility index (Phi) is 8.00. The molecule has 0 aliphatic carbocycles. The number of halogens is 1. The molecule has 0 fully saturated rings. The normalized spacial score (nSPS) is 10.3. The third kappa shape index (κ3) is 6.96. The first kappa shape index (κ1) is 23.0. The number of hydrogen-bond acceptors (Lipinski definition) is 4. The van der Waals surface area contributed by atoms with E-state index in [1.807, 2.05) is 24.3 Å². The van der Waals surface area contributed by atoms with Crippen LogP contribution in [0, 0.1) is 0 Å². The van der Waals surface area contributed by atoms with Crippen molar-refractivity contribution in [2.24, 2.45) is 0 Å². The van der Waals surface area contributed by atoms with Crippen molar-refractivity contribution < 1.29 is 19.1 Å². The smallest absolute Gasteiger partial charge is 0.308 e. The number of anilines is 1. The van der Waals surface area contributed by atoms with Crippen molar-refractivity contribution in [3.05, 3.63) is 94.5 Å². The van der Waals surface area contributed by atoms with Gasteiger partial charge in [-0.15, -0.1) is 0 Å². The van der Waals surface area contributed by atoms with Gasteiger partial charge in [-0.3, -0.25) is 14.4 Å². The highest BCUT2D eigenvalue weighted by Gasteiger charge is 2.09. The summed E-state index contributed by atoms with van der Waals surface area (Å²) in [5.41, 5.74) is 2.74. The van der Waals surface area contributed by atoms with Gasteiger partial charge in [-0.25, -0.2) is 0 Å². The molecule has 0 atom stereocenters. The van der Waals surface area contributed by atoms with Crippen LogP contribution in [0.3, 0.4) is 0 Å². The number of carbonyl (C=O) groups is 3. The van der Waals surface area contributed by atoms with Gasteiger partial charge in [0.1, 0.15) is 5.75 Å². The maximum atomic E-state index is 12.5. The van der Waals surface area contributed by atoms with Crippen LogP contribution in [0.2, 0.25) is 5.02 Å². The molecule has 0 unspecified atom stereocenters. The monoisotopic (exact) mass is 450 g/mol. The van der Waals surface area contributed by atoms with E-state index in [9.17, 15) is 14.4 Å². The van der Waals surface area contributed by atoms with Gasteiger partial charge in [0.15, 0.2) is 0 Å². The third-order valence-electron chi connectivity index (χ3n) is 4.61. The molecule has 0 bridgehead atoms. The van der Waals surface area contributed by atoms with E-state index in [1.165, 1.54) is 13.0 Å². The van der Waals surface area contributed by atoms with Crippen molar-refractivity contribution in [2.75, 3.05) is 5.32 Å². The van der Waals surface area contributed by atoms with E-state index in [0.29, 0.717) is 41.4 Å². The van der Waals surface area contributed by atoms with Crippen LogP contribution in [0.5, 0.6) is 5.75 Å². The molecule has 7 heteroatoms. The van der Waals surface area contributed by atoms with E-state index < -0.39 is 5.97 Å². The Morgan fingerprint density at radius 1 is 0.938 bits per heavy atom.